The Kier molecular flexibility index (Phi) is 5.13. The fraction of sp³-hybridized carbons (Fsp3) is 0.263. The highest BCUT2D eigenvalue weighted by Crippen LogP contribution is 2.25. The van der Waals surface area contributed by atoms with Crippen molar-refractivity contribution in [1.82, 2.24) is 25.1 Å². The van der Waals surface area contributed by atoms with Crippen molar-refractivity contribution in [3.63, 3.8) is 0 Å². The lowest BCUT2D eigenvalue weighted by molar-refractivity contribution is -0.120. The molecular weight excluding hydrogens is 364 g/mol. The number of halogens is 1. The van der Waals surface area contributed by atoms with Crippen molar-refractivity contribution >= 4 is 23.2 Å². The van der Waals surface area contributed by atoms with Crippen LogP contribution in [0.1, 0.15) is 18.4 Å². The van der Waals surface area contributed by atoms with Gasteiger partial charge in [-0.25, -0.2) is 4.68 Å². The van der Waals surface area contributed by atoms with Crippen LogP contribution in [0.3, 0.4) is 0 Å². The van der Waals surface area contributed by atoms with Gasteiger partial charge < -0.3 is 5.32 Å². The predicted octanol–water partition coefficient (Wildman–Crippen LogP) is 2.92. The molecule has 4 rings (SSSR count). The van der Waals surface area contributed by atoms with Gasteiger partial charge in [0.1, 0.15) is 6.33 Å². The Bertz CT molecular complexity index is 929. The van der Waals surface area contributed by atoms with Gasteiger partial charge in [0.2, 0.25) is 5.91 Å². The molecule has 1 aromatic heterocycles. The van der Waals surface area contributed by atoms with E-state index in [1.54, 1.807) is 4.68 Å². The van der Waals surface area contributed by atoms with Crippen LogP contribution in [-0.4, -0.2) is 43.6 Å². The van der Waals surface area contributed by atoms with Gasteiger partial charge in [0.25, 0.3) is 0 Å². The Labute approximate surface area is 161 Å². The maximum atomic E-state index is 12.9. The van der Waals surface area contributed by atoms with Crippen LogP contribution >= 0.6 is 11.6 Å². The molecule has 0 bridgehead atoms. The van der Waals surface area contributed by atoms with Gasteiger partial charge >= 0.3 is 0 Å². The standard InChI is InChI=1S/C19H19ClN6O/c20-17-8-2-1-5-14(17)12-25-10-4-9-18(25)19(27)22-15-6-3-7-16(11-15)26-13-21-23-24-26/h1-3,5-8,11,13,18H,4,9-10,12H2,(H,22,27)/t18-/m1/s1. The Morgan fingerprint density at radius 1 is 1.22 bits per heavy atom. The molecule has 0 radical (unpaired) electrons. The fourth-order valence-electron chi connectivity index (χ4n) is 3.39. The molecule has 138 valence electrons. The van der Waals surface area contributed by atoms with Crippen LogP contribution in [-0.2, 0) is 11.3 Å². The van der Waals surface area contributed by atoms with Gasteiger partial charge in [-0.1, -0.05) is 35.9 Å². The summed E-state index contributed by atoms with van der Waals surface area (Å²) in [7, 11) is 0. The topological polar surface area (TPSA) is 75.9 Å². The molecule has 1 fully saturated rings. The largest absolute Gasteiger partial charge is 0.325 e. The van der Waals surface area contributed by atoms with E-state index in [0.29, 0.717) is 6.54 Å². The average molecular weight is 383 g/mol. The summed E-state index contributed by atoms with van der Waals surface area (Å²) in [5.74, 6) is -0.00609. The molecule has 2 aromatic carbocycles. The minimum Gasteiger partial charge on any atom is -0.325 e. The van der Waals surface area contributed by atoms with Crippen LogP contribution < -0.4 is 5.32 Å². The molecule has 1 saturated heterocycles. The monoisotopic (exact) mass is 382 g/mol. The lowest BCUT2D eigenvalue weighted by atomic mass is 10.1. The number of hydrogen-bond donors (Lipinski definition) is 1. The molecule has 1 amide bonds. The van der Waals surface area contributed by atoms with Crippen LogP contribution in [0, 0.1) is 0 Å². The molecular formula is C19H19ClN6O. The van der Waals surface area contributed by atoms with Crippen LogP contribution in [0.4, 0.5) is 5.69 Å². The van der Waals surface area contributed by atoms with Crippen LogP contribution in [0.25, 0.3) is 5.69 Å². The molecule has 2 heterocycles. The Morgan fingerprint density at radius 3 is 2.93 bits per heavy atom. The van der Waals surface area contributed by atoms with Crippen LogP contribution in [0.15, 0.2) is 54.9 Å². The zero-order valence-electron chi connectivity index (χ0n) is 14.6. The summed E-state index contributed by atoms with van der Waals surface area (Å²) in [6, 6.07) is 15.1. The fourth-order valence-corrected chi connectivity index (χ4v) is 3.58. The van der Waals surface area contributed by atoms with Crippen LogP contribution in [0.2, 0.25) is 5.02 Å². The molecule has 3 aromatic rings. The Morgan fingerprint density at radius 2 is 2.11 bits per heavy atom. The number of benzene rings is 2. The first-order valence-corrected chi connectivity index (χ1v) is 9.20. The number of rotatable bonds is 5. The number of amides is 1. The van der Waals surface area contributed by atoms with E-state index < -0.39 is 0 Å². The molecule has 0 aliphatic carbocycles. The molecule has 1 atom stereocenters. The van der Waals surface area contributed by atoms with E-state index >= 15 is 0 Å². The van der Waals surface area contributed by atoms with Crippen LogP contribution in [0.5, 0.6) is 0 Å². The number of aromatic nitrogens is 4. The van der Waals surface area contributed by atoms with Crippen molar-refractivity contribution in [2.45, 2.75) is 25.4 Å². The van der Waals surface area contributed by atoms with Gasteiger partial charge in [-0.15, -0.1) is 5.10 Å². The highest BCUT2D eigenvalue weighted by Gasteiger charge is 2.31. The number of nitrogens with zero attached hydrogens (tertiary/aromatic N) is 5. The number of likely N-dealkylation sites (tertiary alicyclic amines) is 1. The number of hydrogen-bond acceptors (Lipinski definition) is 5. The summed E-state index contributed by atoms with van der Waals surface area (Å²) >= 11 is 6.28. The highest BCUT2D eigenvalue weighted by molar-refractivity contribution is 6.31. The van der Waals surface area contributed by atoms with Gasteiger partial charge in [0.05, 0.1) is 11.7 Å². The SMILES string of the molecule is O=C(Nc1cccc(-n2cnnn2)c1)[C@H]1CCCN1Cc1ccccc1Cl. The lowest BCUT2D eigenvalue weighted by Crippen LogP contribution is -2.39. The number of carbonyl (C=O) groups excluding carboxylic acids is 1. The molecule has 0 spiro atoms. The Hall–Kier alpha value is -2.77. The van der Waals surface area contributed by atoms with E-state index in [0.717, 1.165) is 41.3 Å². The first-order chi connectivity index (χ1) is 13.2. The van der Waals surface area contributed by atoms with E-state index in [2.05, 4.69) is 25.7 Å². The second-order valence-electron chi connectivity index (χ2n) is 6.51. The molecule has 1 N–H and O–H groups in total. The molecule has 27 heavy (non-hydrogen) atoms. The minimum absolute atomic E-state index is 0.00609. The second kappa shape index (κ2) is 7.85. The van der Waals surface area contributed by atoms with Gasteiger partial charge in [-0.05, 0) is 59.6 Å². The smallest absolute Gasteiger partial charge is 0.241 e. The molecule has 7 nitrogen and oxygen atoms in total. The third-order valence-electron chi connectivity index (χ3n) is 4.72. The van der Waals surface area contributed by atoms with Gasteiger partial charge in [0.15, 0.2) is 0 Å². The molecule has 0 saturated carbocycles. The first kappa shape index (κ1) is 17.6. The number of carbonyl (C=O) groups is 1. The van der Waals surface area contributed by atoms with Gasteiger partial charge in [0, 0.05) is 17.3 Å². The number of tetrazole rings is 1. The highest BCUT2D eigenvalue weighted by atomic mass is 35.5. The van der Waals surface area contributed by atoms with E-state index in [-0.39, 0.29) is 11.9 Å². The zero-order chi connectivity index (χ0) is 18.6. The number of nitrogens with one attached hydrogen (secondary N) is 1. The summed E-state index contributed by atoms with van der Waals surface area (Å²) in [5, 5.41) is 14.9. The van der Waals surface area contributed by atoms with Crippen molar-refractivity contribution in [2.24, 2.45) is 0 Å². The summed E-state index contributed by atoms with van der Waals surface area (Å²) < 4.78 is 1.55. The van der Waals surface area contributed by atoms with Crippen molar-refractivity contribution in [3.8, 4) is 5.69 Å². The van der Waals surface area contributed by atoms with E-state index in [1.165, 1.54) is 6.33 Å². The quantitative estimate of drug-likeness (QED) is 0.734. The van der Waals surface area contributed by atoms with E-state index in [4.69, 9.17) is 11.6 Å². The molecule has 1 aliphatic heterocycles. The van der Waals surface area contributed by atoms with Gasteiger partial charge in [-0.2, -0.15) is 0 Å². The van der Waals surface area contributed by atoms with Gasteiger partial charge in [-0.3, -0.25) is 9.69 Å². The summed E-state index contributed by atoms with van der Waals surface area (Å²) in [6.45, 7) is 1.55. The molecule has 0 unspecified atom stereocenters. The predicted molar refractivity (Wildman–Crippen MR) is 103 cm³/mol. The average Bonchev–Trinajstić information content (AvgIpc) is 3.36. The summed E-state index contributed by atoms with van der Waals surface area (Å²) in [5.41, 5.74) is 2.55. The molecule has 8 heteroatoms. The minimum atomic E-state index is -0.169. The van der Waals surface area contributed by atoms with Crippen molar-refractivity contribution < 1.29 is 4.79 Å². The second-order valence-corrected chi connectivity index (χ2v) is 6.92. The van der Waals surface area contributed by atoms with E-state index in [1.807, 2.05) is 48.5 Å². The Balaban J connectivity index is 1.46. The maximum absolute atomic E-state index is 12.9. The molecule has 1 aliphatic rings. The number of anilines is 1. The summed E-state index contributed by atoms with van der Waals surface area (Å²) in [6.07, 6.45) is 3.35. The lowest BCUT2D eigenvalue weighted by Gasteiger charge is -2.24. The van der Waals surface area contributed by atoms with Crippen molar-refractivity contribution in [1.29, 1.82) is 0 Å². The normalized spacial score (nSPS) is 17.1. The zero-order valence-corrected chi connectivity index (χ0v) is 15.4. The third kappa shape index (κ3) is 3.99. The first-order valence-electron chi connectivity index (χ1n) is 8.82. The third-order valence-corrected chi connectivity index (χ3v) is 5.09. The van der Waals surface area contributed by atoms with Crippen molar-refractivity contribution in [2.75, 3.05) is 11.9 Å². The van der Waals surface area contributed by atoms with E-state index in [9.17, 15) is 4.79 Å². The maximum Gasteiger partial charge on any atom is 0.241 e. The summed E-state index contributed by atoms with van der Waals surface area (Å²) in [4.78, 5) is 15.0. The van der Waals surface area contributed by atoms with Crippen molar-refractivity contribution in [3.05, 3.63) is 65.4 Å².